The van der Waals surface area contributed by atoms with Gasteiger partial charge in [0.05, 0.1) is 12.0 Å². The van der Waals surface area contributed by atoms with E-state index in [1.165, 1.54) is 21.6 Å². The molecule has 4 nitrogen and oxygen atoms in total. The molecule has 0 unspecified atom stereocenters. The second kappa shape index (κ2) is 7.10. The van der Waals surface area contributed by atoms with Gasteiger partial charge in [-0.2, -0.15) is 0 Å². The highest BCUT2D eigenvalue weighted by Crippen LogP contribution is 2.28. The summed E-state index contributed by atoms with van der Waals surface area (Å²) in [4.78, 5) is 13.1. The molecule has 0 fully saturated rings. The van der Waals surface area contributed by atoms with Gasteiger partial charge in [-0.3, -0.25) is 4.90 Å². The predicted octanol–water partition coefficient (Wildman–Crippen LogP) is 5.02. The fourth-order valence-corrected chi connectivity index (χ4v) is 4.43. The van der Waals surface area contributed by atoms with Crippen molar-refractivity contribution >= 4 is 11.3 Å². The Kier molecular flexibility index (Phi) is 4.32. The van der Waals surface area contributed by atoms with Gasteiger partial charge in [-0.15, -0.1) is 11.3 Å². The highest BCUT2D eigenvalue weighted by Gasteiger charge is 2.20. The van der Waals surface area contributed by atoms with Crippen molar-refractivity contribution in [3.63, 3.8) is 0 Å². The summed E-state index contributed by atoms with van der Waals surface area (Å²) in [5.41, 5.74) is 4.95. The van der Waals surface area contributed by atoms with Crippen molar-refractivity contribution in [2.24, 2.45) is 0 Å². The van der Waals surface area contributed by atoms with Gasteiger partial charge in [0.25, 0.3) is 0 Å². The van der Waals surface area contributed by atoms with Crippen LogP contribution in [0, 0.1) is 0 Å². The molecule has 4 heterocycles. The molecule has 5 rings (SSSR count). The molecule has 1 aliphatic rings. The normalized spacial score (nSPS) is 14.2. The van der Waals surface area contributed by atoms with E-state index in [0.29, 0.717) is 5.82 Å². The largest absolute Gasteiger partial charge is 0.461 e. The van der Waals surface area contributed by atoms with Crippen LogP contribution in [-0.4, -0.2) is 21.4 Å². The lowest BCUT2D eigenvalue weighted by molar-refractivity contribution is 0.245. The first-order valence-corrected chi connectivity index (χ1v) is 9.97. The van der Waals surface area contributed by atoms with E-state index in [-0.39, 0.29) is 0 Å². The van der Waals surface area contributed by atoms with E-state index < -0.39 is 0 Å². The Bertz CT molecular complexity index is 1040. The zero-order valence-corrected chi connectivity index (χ0v) is 15.7. The van der Waals surface area contributed by atoms with Crippen LogP contribution in [0.4, 0.5) is 0 Å². The zero-order chi connectivity index (χ0) is 18.1. The Hall–Kier alpha value is -2.76. The second-order valence-electron chi connectivity index (χ2n) is 6.77. The average Bonchev–Trinajstić information content (AvgIpc) is 3.41. The summed E-state index contributed by atoms with van der Waals surface area (Å²) in [6.07, 6.45) is 4.56. The minimum Gasteiger partial charge on any atom is -0.461 e. The Morgan fingerprint density at radius 1 is 1.07 bits per heavy atom. The van der Waals surface area contributed by atoms with Crippen molar-refractivity contribution in [1.82, 2.24) is 14.9 Å². The third-order valence-corrected chi connectivity index (χ3v) is 5.82. The Morgan fingerprint density at radius 2 is 2.00 bits per heavy atom. The summed E-state index contributed by atoms with van der Waals surface area (Å²) in [6.45, 7) is 2.88. The maximum atomic E-state index is 5.42. The van der Waals surface area contributed by atoms with E-state index in [1.807, 2.05) is 29.7 Å². The Labute approximate surface area is 162 Å². The summed E-state index contributed by atoms with van der Waals surface area (Å²) >= 11 is 1.83. The monoisotopic (exact) mass is 373 g/mol. The van der Waals surface area contributed by atoms with E-state index in [1.54, 1.807) is 6.26 Å². The first kappa shape index (κ1) is 16.4. The molecular formula is C22H19N3OS. The number of aromatic nitrogens is 2. The van der Waals surface area contributed by atoms with Crippen molar-refractivity contribution in [1.29, 1.82) is 0 Å². The lowest BCUT2D eigenvalue weighted by Gasteiger charge is -2.27. The van der Waals surface area contributed by atoms with Gasteiger partial charge >= 0.3 is 0 Å². The summed E-state index contributed by atoms with van der Waals surface area (Å²) in [5.74, 6) is 1.41. The first-order chi connectivity index (χ1) is 13.3. The van der Waals surface area contributed by atoms with Crippen molar-refractivity contribution in [2.75, 3.05) is 6.54 Å². The molecule has 0 amide bonds. The lowest BCUT2D eigenvalue weighted by atomic mass is 10.1. The molecule has 134 valence electrons. The number of hydrogen-bond donors (Lipinski definition) is 0. The molecule has 0 radical (unpaired) electrons. The van der Waals surface area contributed by atoms with Crippen LogP contribution in [0.15, 0.2) is 70.8 Å². The molecule has 0 spiro atoms. The summed E-state index contributed by atoms with van der Waals surface area (Å²) < 4.78 is 5.42. The molecule has 0 saturated heterocycles. The van der Waals surface area contributed by atoms with Crippen LogP contribution in [0.25, 0.3) is 22.7 Å². The van der Waals surface area contributed by atoms with E-state index in [0.717, 1.165) is 37.5 Å². The summed E-state index contributed by atoms with van der Waals surface area (Å²) in [7, 11) is 0. The molecule has 0 atom stereocenters. The van der Waals surface area contributed by atoms with Gasteiger partial charge in [0, 0.05) is 42.7 Å². The standard InChI is InChI=1S/C22H19N3OS/c1-2-5-16(6-3-1)17-11-19(27-15-17)14-25-9-8-20-18(13-25)12-23-22(24-20)21-7-4-10-26-21/h1-7,10-12,15H,8-9,13-14H2. The number of rotatable bonds is 4. The highest BCUT2D eigenvalue weighted by molar-refractivity contribution is 7.10. The van der Waals surface area contributed by atoms with E-state index in [9.17, 15) is 0 Å². The van der Waals surface area contributed by atoms with Crippen LogP contribution in [0.2, 0.25) is 0 Å². The van der Waals surface area contributed by atoms with E-state index in [2.05, 4.69) is 51.7 Å². The molecular weight excluding hydrogens is 354 g/mol. The Balaban J connectivity index is 1.30. The van der Waals surface area contributed by atoms with Crippen LogP contribution in [0.3, 0.4) is 0 Å². The molecule has 27 heavy (non-hydrogen) atoms. The van der Waals surface area contributed by atoms with Crippen LogP contribution >= 0.6 is 11.3 Å². The zero-order valence-electron chi connectivity index (χ0n) is 14.8. The maximum Gasteiger partial charge on any atom is 0.195 e. The fourth-order valence-electron chi connectivity index (χ4n) is 3.50. The van der Waals surface area contributed by atoms with Gasteiger partial charge in [-0.05, 0) is 34.7 Å². The molecule has 4 aromatic rings. The molecule has 5 heteroatoms. The molecule has 0 aliphatic carbocycles. The summed E-state index contributed by atoms with van der Waals surface area (Å²) in [5, 5.41) is 2.25. The molecule has 1 aliphatic heterocycles. The van der Waals surface area contributed by atoms with E-state index >= 15 is 0 Å². The topological polar surface area (TPSA) is 42.2 Å². The van der Waals surface area contributed by atoms with Crippen molar-refractivity contribution in [2.45, 2.75) is 19.5 Å². The van der Waals surface area contributed by atoms with Gasteiger partial charge < -0.3 is 4.42 Å². The fraction of sp³-hybridized carbons (Fsp3) is 0.182. The minimum absolute atomic E-state index is 0.679. The SMILES string of the molecule is c1ccc(-c2csc(CN3CCc4nc(-c5ccco5)ncc4C3)c2)cc1. The van der Waals surface area contributed by atoms with Crippen LogP contribution in [0.1, 0.15) is 16.1 Å². The number of furan rings is 1. The number of benzene rings is 1. The highest BCUT2D eigenvalue weighted by atomic mass is 32.1. The average molecular weight is 373 g/mol. The maximum absolute atomic E-state index is 5.42. The molecule has 3 aromatic heterocycles. The van der Waals surface area contributed by atoms with Gasteiger partial charge in [-0.1, -0.05) is 30.3 Å². The number of nitrogens with zero attached hydrogens (tertiary/aromatic N) is 3. The van der Waals surface area contributed by atoms with Gasteiger partial charge in [0.1, 0.15) is 0 Å². The third kappa shape index (κ3) is 3.44. The second-order valence-corrected chi connectivity index (χ2v) is 7.77. The lowest BCUT2D eigenvalue weighted by Crippen LogP contribution is -2.30. The number of fused-ring (bicyclic) bond motifs is 1. The van der Waals surface area contributed by atoms with Gasteiger partial charge in [0.2, 0.25) is 0 Å². The van der Waals surface area contributed by atoms with Crippen molar-refractivity contribution in [3.8, 4) is 22.7 Å². The summed E-state index contributed by atoms with van der Waals surface area (Å²) in [6, 6.07) is 16.6. The first-order valence-electron chi connectivity index (χ1n) is 9.09. The molecule has 0 N–H and O–H groups in total. The van der Waals surface area contributed by atoms with Crippen molar-refractivity contribution in [3.05, 3.63) is 82.5 Å². The molecule has 0 bridgehead atoms. The number of thiophene rings is 1. The van der Waals surface area contributed by atoms with Gasteiger partial charge in [0.15, 0.2) is 11.6 Å². The van der Waals surface area contributed by atoms with Crippen LogP contribution < -0.4 is 0 Å². The quantitative estimate of drug-likeness (QED) is 0.503. The molecule has 0 saturated carbocycles. The predicted molar refractivity (Wildman–Crippen MR) is 107 cm³/mol. The third-order valence-electron chi connectivity index (χ3n) is 4.89. The van der Waals surface area contributed by atoms with Gasteiger partial charge in [-0.25, -0.2) is 9.97 Å². The van der Waals surface area contributed by atoms with Crippen molar-refractivity contribution < 1.29 is 4.42 Å². The van der Waals surface area contributed by atoms with Crippen LogP contribution in [-0.2, 0) is 19.5 Å². The smallest absolute Gasteiger partial charge is 0.195 e. The van der Waals surface area contributed by atoms with Crippen LogP contribution in [0.5, 0.6) is 0 Å². The number of hydrogen-bond acceptors (Lipinski definition) is 5. The minimum atomic E-state index is 0.679. The van der Waals surface area contributed by atoms with E-state index in [4.69, 9.17) is 9.40 Å². The Morgan fingerprint density at radius 3 is 2.85 bits per heavy atom. The molecule has 1 aromatic carbocycles.